The van der Waals surface area contributed by atoms with Crippen LogP contribution in [-0.4, -0.2) is 37.2 Å². The van der Waals surface area contributed by atoms with Gasteiger partial charge in [0.25, 0.3) is 0 Å². The molecule has 0 heterocycles. The normalized spacial score (nSPS) is 12.1. The van der Waals surface area contributed by atoms with E-state index in [0.29, 0.717) is 19.3 Å². The van der Waals surface area contributed by atoms with Crippen LogP contribution in [0.1, 0.15) is 374 Å². The number of carbonyl (C=O) groups is 3. The van der Waals surface area contributed by atoms with Crippen LogP contribution in [0.5, 0.6) is 0 Å². The first-order valence-corrected chi connectivity index (χ1v) is 33.3. The second kappa shape index (κ2) is 63.4. The topological polar surface area (TPSA) is 78.9 Å². The highest BCUT2D eigenvalue weighted by atomic mass is 16.6. The van der Waals surface area contributed by atoms with E-state index in [1.54, 1.807) is 0 Å². The zero-order chi connectivity index (χ0) is 53.6. The Hall–Kier alpha value is -2.11. The van der Waals surface area contributed by atoms with E-state index in [1.165, 1.54) is 263 Å². The summed E-state index contributed by atoms with van der Waals surface area (Å²) >= 11 is 0. The third-order valence-electron chi connectivity index (χ3n) is 15.2. The van der Waals surface area contributed by atoms with Gasteiger partial charge in [-0.3, -0.25) is 14.4 Å². The second-order valence-electron chi connectivity index (χ2n) is 22.7. The molecular weight excluding hydrogens is 913 g/mol. The number of carbonyl (C=O) groups excluding carboxylic acids is 3. The lowest BCUT2D eigenvalue weighted by Crippen LogP contribution is -2.30. The van der Waals surface area contributed by atoms with Gasteiger partial charge in [0.1, 0.15) is 13.2 Å². The molecule has 0 bridgehead atoms. The summed E-state index contributed by atoms with van der Waals surface area (Å²) in [6.45, 7) is 6.61. The molecule has 436 valence electrons. The molecule has 1 atom stereocenters. The van der Waals surface area contributed by atoms with Gasteiger partial charge < -0.3 is 14.2 Å². The molecule has 0 saturated carbocycles. The minimum atomic E-state index is -0.766. The van der Waals surface area contributed by atoms with Crippen LogP contribution in [0.3, 0.4) is 0 Å². The van der Waals surface area contributed by atoms with Gasteiger partial charge in [-0.25, -0.2) is 0 Å². The summed E-state index contributed by atoms with van der Waals surface area (Å²) in [6, 6.07) is 0. The molecule has 0 spiro atoms. The quantitative estimate of drug-likeness (QED) is 0.0261. The summed E-state index contributed by atoms with van der Waals surface area (Å²) in [7, 11) is 0. The Labute approximate surface area is 462 Å². The van der Waals surface area contributed by atoms with Crippen LogP contribution >= 0.6 is 0 Å². The summed E-state index contributed by atoms with van der Waals surface area (Å²) in [4.78, 5) is 37.9. The Morgan fingerprint density at radius 3 is 0.743 bits per heavy atom. The fraction of sp³-hybridized carbons (Fsp3) is 0.897. The van der Waals surface area contributed by atoms with Crippen LogP contribution in [0.15, 0.2) is 24.3 Å². The maximum absolute atomic E-state index is 12.8. The zero-order valence-electron chi connectivity index (χ0n) is 50.1. The molecule has 0 amide bonds. The van der Waals surface area contributed by atoms with Crippen LogP contribution < -0.4 is 0 Å². The van der Waals surface area contributed by atoms with E-state index in [2.05, 4.69) is 45.1 Å². The van der Waals surface area contributed by atoms with E-state index < -0.39 is 6.10 Å². The zero-order valence-corrected chi connectivity index (χ0v) is 50.1. The maximum Gasteiger partial charge on any atom is 0.306 e. The molecular formula is C68H128O6. The molecule has 1 unspecified atom stereocenters. The van der Waals surface area contributed by atoms with Crippen LogP contribution in [0.2, 0.25) is 0 Å². The first-order valence-electron chi connectivity index (χ1n) is 33.3. The molecule has 0 rings (SSSR count). The van der Waals surface area contributed by atoms with E-state index in [0.717, 1.165) is 70.6 Å². The number of esters is 3. The Balaban J connectivity index is 3.95. The molecule has 0 aliphatic carbocycles. The minimum Gasteiger partial charge on any atom is -0.462 e. The molecule has 0 radical (unpaired) electrons. The number of rotatable bonds is 62. The highest BCUT2D eigenvalue weighted by Gasteiger charge is 2.19. The predicted octanol–water partition coefficient (Wildman–Crippen LogP) is 22.6. The summed E-state index contributed by atoms with van der Waals surface area (Å²) < 4.78 is 16.8. The summed E-state index contributed by atoms with van der Waals surface area (Å²) in [6.07, 6.45) is 76.8. The summed E-state index contributed by atoms with van der Waals surface area (Å²) in [5.74, 6) is -0.860. The molecule has 0 aromatic carbocycles. The molecule has 74 heavy (non-hydrogen) atoms. The Kier molecular flexibility index (Phi) is 61.6. The monoisotopic (exact) mass is 1040 g/mol. The molecule has 6 nitrogen and oxygen atoms in total. The third-order valence-corrected chi connectivity index (χ3v) is 15.2. The number of hydrogen-bond donors (Lipinski definition) is 0. The highest BCUT2D eigenvalue weighted by molar-refractivity contribution is 5.71. The van der Waals surface area contributed by atoms with E-state index in [4.69, 9.17) is 14.2 Å². The van der Waals surface area contributed by atoms with E-state index in [1.807, 2.05) is 0 Å². The van der Waals surface area contributed by atoms with Crippen molar-refractivity contribution in [2.75, 3.05) is 13.2 Å². The highest BCUT2D eigenvalue weighted by Crippen LogP contribution is 2.18. The van der Waals surface area contributed by atoms with Gasteiger partial charge >= 0.3 is 17.9 Å². The smallest absolute Gasteiger partial charge is 0.306 e. The van der Waals surface area contributed by atoms with Crippen molar-refractivity contribution in [2.45, 2.75) is 380 Å². The van der Waals surface area contributed by atoms with Crippen LogP contribution in [0, 0.1) is 0 Å². The molecule has 0 saturated heterocycles. The Morgan fingerprint density at radius 2 is 0.486 bits per heavy atom. The number of ether oxygens (including phenoxy) is 3. The molecule has 0 N–H and O–H groups in total. The van der Waals surface area contributed by atoms with Gasteiger partial charge in [-0.1, -0.05) is 328 Å². The van der Waals surface area contributed by atoms with Crippen molar-refractivity contribution >= 4 is 17.9 Å². The van der Waals surface area contributed by atoms with Gasteiger partial charge in [-0.2, -0.15) is 0 Å². The Morgan fingerprint density at radius 1 is 0.270 bits per heavy atom. The molecule has 0 aliphatic rings. The van der Waals surface area contributed by atoms with Gasteiger partial charge in [-0.15, -0.1) is 0 Å². The largest absolute Gasteiger partial charge is 0.462 e. The van der Waals surface area contributed by atoms with Gasteiger partial charge in [0, 0.05) is 19.3 Å². The van der Waals surface area contributed by atoms with Gasteiger partial charge in [0.15, 0.2) is 6.10 Å². The third kappa shape index (κ3) is 60.8. The van der Waals surface area contributed by atoms with Crippen molar-refractivity contribution in [2.24, 2.45) is 0 Å². The fourth-order valence-electron chi connectivity index (χ4n) is 10.2. The lowest BCUT2D eigenvalue weighted by Gasteiger charge is -2.18. The molecule has 0 aliphatic heterocycles. The fourth-order valence-corrected chi connectivity index (χ4v) is 10.2. The number of unbranched alkanes of at least 4 members (excludes halogenated alkanes) is 47. The predicted molar refractivity (Wildman–Crippen MR) is 321 cm³/mol. The standard InChI is InChI=1S/C68H128O6/c1-4-7-10-13-15-17-19-21-23-25-27-29-31-32-33-34-35-37-38-40-42-44-46-48-50-52-55-58-61-67(70)73-64-65(63-72-66(69)60-57-54-12-9-6-3)74-68(71)62-59-56-53-51-49-47-45-43-41-39-36-30-28-26-24-22-20-18-16-14-11-8-5-2/h20,22,26,28,65H,4-19,21,23-25,27,29-64H2,1-3H3/b22-20-,28-26-. The van der Waals surface area contributed by atoms with Gasteiger partial charge in [0.2, 0.25) is 0 Å². The average molecular weight is 1040 g/mol. The van der Waals surface area contributed by atoms with Crippen molar-refractivity contribution in [1.82, 2.24) is 0 Å². The van der Waals surface area contributed by atoms with Crippen molar-refractivity contribution in [3.8, 4) is 0 Å². The SMILES string of the molecule is CCCCCCC/C=C\C/C=C\CCCCCCCCCCCCCC(=O)OC(COC(=O)CCCCCCC)COC(=O)CCCCCCCCCCCCCCCCCCCCCCCCCCCCCC. The van der Waals surface area contributed by atoms with Crippen LogP contribution in [0.25, 0.3) is 0 Å². The van der Waals surface area contributed by atoms with E-state index in [-0.39, 0.29) is 31.1 Å². The van der Waals surface area contributed by atoms with E-state index >= 15 is 0 Å². The van der Waals surface area contributed by atoms with Gasteiger partial charge in [0.05, 0.1) is 0 Å². The van der Waals surface area contributed by atoms with E-state index in [9.17, 15) is 14.4 Å². The van der Waals surface area contributed by atoms with Gasteiger partial charge in [-0.05, 0) is 51.4 Å². The van der Waals surface area contributed by atoms with Crippen molar-refractivity contribution in [3.63, 3.8) is 0 Å². The van der Waals surface area contributed by atoms with Crippen LogP contribution in [0.4, 0.5) is 0 Å². The van der Waals surface area contributed by atoms with Crippen molar-refractivity contribution in [3.05, 3.63) is 24.3 Å². The molecule has 0 fully saturated rings. The maximum atomic E-state index is 12.8. The molecule has 0 aromatic heterocycles. The first-order chi connectivity index (χ1) is 36.5. The van der Waals surface area contributed by atoms with Crippen molar-refractivity contribution < 1.29 is 28.6 Å². The molecule has 6 heteroatoms. The van der Waals surface area contributed by atoms with Crippen molar-refractivity contribution in [1.29, 1.82) is 0 Å². The second-order valence-corrected chi connectivity index (χ2v) is 22.7. The Bertz CT molecular complexity index is 1190. The minimum absolute atomic E-state index is 0.0673. The lowest BCUT2D eigenvalue weighted by atomic mass is 10.0. The molecule has 0 aromatic rings. The van der Waals surface area contributed by atoms with Crippen LogP contribution in [-0.2, 0) is 28.6 Å². The lowest BCUT2D eigenvalue weighted by molar-refractivity contribution is -0.167. The number of allylic oxidation sites excluding steroid dienone is 4. The summed E-state index contributed by atoms with van der Waals surface area (Å²) in [5, 5.41) is 0. The average Bonchev–Trinajstić information content (AvgIpc) is 3.40. The summed E-state index contributed by atoms with van der Waals surface area (Å²) in [5.41, 5.74) is 0. The first kappa shape index (κ1) is 71.9. The number of hydrogen-bond acceptors (Lipinski definition) is 6.